The normalized spacial score (nSPS) is 19.0. The Balaban J connectivity index is 1.76. The topological polar surface area (TPSA) is 32.3 Å². The smallest absolute Gasteiger partial charge is 0.129 e. The van der Waals surface area contributed by atoms with Crippen molar-refractivity contribution in [1.82, 2.24) is 5.32 Å². The van der Waals surface area contributed by atoms with Crippen molar-refractivity contribution in [2.24, 2.45) is 11.8 Å². The zero-order valence-corrected chi connectivity index (χ0v) is 10.2. The number of benzene rings is 1. The summed E-state index contributed by atoms with van der Waals surface area (Å²) in [5.41, 5.74) is 0.374. The Morgan fingerprint density at radius 2 is 2.06 bits per heavy atom. The summed E-state index contributed by atoms with van der Waals surface area (Å²) in [4.78, 5) is 0. The molecular weight excluding hydrogens is 217 g/mol. The third kappa shape index (κ3) is 3.51. The monoisotopic (exact) mass is 237 g/mol. The van der Waals surface area contributed by atoms with E-state index in [0.29, 0.717) is 18.0 Å². The van der Waals surface area contributed by atoms with E-state index < -0.39 is 6.10 Å². The second-order valence-electron chi connectivity index (χ2n) is 5.01. The van der Waals surface area contributed by atoms with Gasteiger partial charge in [0.2, 0.25) is 0 Å². The summed E-state index contributed by atoms with van der Waals surface area (Å²) in [5.74, 6) is 1.17. The Bertz CT molecular complexity index is 365. The van der Waals surface area contributed by atoms with Gasteiger partial charge >= 0.3 is 0 Å². The predicted octanol–water partition coefficient (Wildman–Crippen LogP) is 2.49. The Labute approximate surface area is 102 Å². The lowest BCUT2D eigenvalue weighted by Crippen LogP contribution is -2.27. The molecule has 1 fully saturated rings. The van der Waals surface area contributed by atoms with E-state index in [9.17, 15) is 9.50 Å². The van der Waals surface area contributed by atoms with E-state index in [2.05, 4.69) is 12.2 Å². The molecule has 0 saturated heterocycles. The second kappa shape index (κ2) is 5.61. The molecule has 94 valence electrons. The first-order chi connectivity index (χ1) is 8.18. The van der Waals surface area contributed by atoms with Crippen LogP contribution in [0.2, 0.25) is 0 Å². The summed E-state index contributed by atoms with van der Waals surface area (Å²) in [7, 11) is 0. The zero-order valence-electron chi connectivity index (χ0n) is 10.2. The van der Waals surface area contributed by atoms with Crippen LogP contribution in [0.1, 0.15) is 31.4 Å². The van der Waals surface area contributed by atoms with Crippen LogP contribution in [0.3, 0.4) is 0 Å². The molecule has 2 unspecified atom stereocenters. The summed E-state index contributed by atoms with van der Waals surface area (Å²) in [6.07, 6.45) is 1.90. The highest BCUT2D eigenvalue weighted by molar-refractivity contribution is 5.19. The minimum absolute atomic E-state index is 0.336. The van der Waals surface area contributed by atoms with Crippen LogP contribution in [-0.4, -0.2) is 18.2 Å². The molecule has 1 saturated carbocycles. The van der Waals surface area contributed by atoms with Crippen molar-refractivity contribution in [2.45, 2.75) is 25.9 Å². The molecule has 0 aromatic heterocycles. The van der Waals surface area contributed by atoms with Gasteiger partial charge in [-0.05, 0) is 37.3 Å². The molecule has 0 bridgehead atoms. The maximum atomic E-state index is 13.4. The standard InChI is InChI=1S/C14H20FNO/c1-10(11-6-7-11)8-16-9-14(17)12-4-2-3-5-13(12)15/h2-5,10-11,14,16-17H,6-9H2,1H3. The van der Waals surface area contributed by atoms with Gasteiger partial charge < -0.3 is 10.4 Å². The molecule has 2 rings (SSSR count). The molecule has 0 amide bonds. The van der Waals surface area contributed by atoms with E-state index in [1.807, 2.05) is 0 Å². The van der Waals surface area contributed by atoms with Gasteiger partial charge in [0, 0.05) is 12.1 Å². The van der Waals surface area contributed by atoms with Crippen molar-refractivity contribution in [1.29, 1.82) is 0 Å². The molecule has 0 heterocycles. The van der Waals surface area contributed by atoms with Gasteiger partial charge in [-0.15, -0.1) is 0 Å². The Morgan fingerprint density at radius 1 is 1.35 bits per heavy atom. The summed E-state index contributed by atoms with van der Waals surface area (Å²) in [5, 5.41) is 13.1. The minimum atomic E-state index is -0.761. The fourth-order valence-corrected chi connectivity index (χ4v) is 2.13. The fraction of sp³-hybridized carbons (Fsp3) is 0.571. The molecule has 3 heteroatoms. The van der Waals surface area contributed by atoms with Crippen molar-refractivity contribution in [2.75, 3.05) is 13.1 Å². The lowest BCUT2D eigenvalue weighted by Gasteiger charge is -2.15. The minimum Gasteiger partial charge on any atom is -0.387 e. The Kier molecular flexibility index (Phi) is 4.13. The van der Waals surface area contributed by atoms with Gasteiger partial charge in [0.1, 0.15) is 5.82 Å². The molecule has 0 radical (unpaired) electrons. The van der Waals surface area contributed by atoms with Crippen LogP contribution in [0.25, 0.3) is 0 Å². The highest BCUT2D eigenvalue weighted by Crippen LogP contribution is 2.36. The van der Waals surface area contributed by atoms with E-state index in [0.717, 1.165) is 12.5 Å². The van der Waals surface area contributed by atoms with Gasteiger partial charge in [-0.2, -0.15) is 0 Å². The molecule has 2 N–H and O–H groups in total. The highest BCUT2D eigenvalue weighted by atomic mass is 19.1. The van der Waals surface area contributed by atoms with Crippen molar-refractivity contribution in [3.05, 3.63) is 35.6 Å². The van der Waals surface area contributed by atoms with E-state index in [4.69, 9.17) is 0 Å². The molecular formula is C14H20FNO. The molecule has 2 nitrogen and oxygen atoms in total. The number of hydrogen-bond donors (Lipinski definition) is 2. The molecule has 1 aliphatic rings. The van der Waals surface area contributed by atoms with Gasteiger partial charge in [-0.1, -0.05) is 25.1 Å². The zero-order chi connectivity index (χ0) is 12.3. The van der Waals surface area contributed by atoms with Crippen LogP contribution in [-0.2, 0) is 0 Å². The molecule has 1 aromatic rings. The molecule has 2 atom stereocenters. The molecule has 0 spiro atoms. The number of nitrogens with one attached hydrogen (secondary N) is 1. The van der Waals surface area contributed by atoms with Crippen LogP contribution in [0.4, 0.5) is 4.39 Å². The lowest BCUT2D eigenvalue weighted by molar-refractivity contribution is 0.168. The second-order valence-corrected chi connectivity index (χ2v) is 5.01. The quantitative estimate of drug-likeness (QED) is 0.796. The maximum Gasteiger partial charge on any atom is 0.129 e. The largest absolute Gasteiger partial charge is 0.387 e. The first-order valence-electron chi connectivity index (χ1n) is 6.31. The maximum absolute atomic E-state index is 13.4. The van der Waals surface area contributed by atoms with Crippen molar-refractivity contribution >= 4 is 0 Å². The predicted molar refractivity (Wildman–Crippen MR) is 66.1 cm³/mol. The number of aliphatic hydroxyl groups excluding tert-OH is 1. The van der Waals surface area contributed by atoms with Crippen molar-refractivity contribution < 1.29 is 9.50 Å². The molecule has 17 heavy (non-hydrogen) atoms. The molecule has 1 aromatic carbocycles. The number of hydrogen-bond acceptors (Lipinski definition) is 2. The number of aliphatic hydroxyl groups is 1. The highest BCUT2D eigenvalue weighted by Gasteiger charge is 2.27. The first-order valence-corrected chi connectivity index (χ1v) is 6.31. The van der Waals surface area contributed by atoms with E-state index in [-0.39, 0.29) is 5.82 Å². The van der Waals surface area contributed by atoms with Crippen molar-refractivity contribution in [3.63, 3.8) is 0 Å². The Hall–Kier alpha value is -0.930. The van der Waals surface area contributed by atoms with Crippen LogP contribution in [0, 0.1) is 17.7 Å². The third-order valence-electron chi connectivity index (χ3n) is 3.49. The first kappa shape index (κ1) is 12.5. The van der Waals surface area contributed by atoms with E-state index in [1.165, 1.54) is 18.9 Å². The van der Waals surface area contributed by atoms with E-state index in [1.54, 1.807) is 18.2 Å². The summed E-state index contributed by atoms with van der Waals surface area (Å²) >= 11 is 0. The molecule has 1 aliphatic carbocycles. The SMILES string of the molecule is CC(CNCC(O)c1ccccc1F)C1CC1. The summed E-state index contributed by atoms with van der Waals surface area (Å²) in [6.45, 7) is 3.54. The van der Waals surface area contributed by atoms with E-state index >= 15 is 0 Å². The number of rotatable bonds is 6. The Morgan fingerprint density at radius 3 is 2.71 bits per heavy atom. The van der Waals surface area contributed by atoms with Gasteiger partial charge in [0.25, 0.3) is 0 Å². The van der Waals surface area contributed by atoms with Gasteiger partial charge in [0.15, 0.2) is 0 Å². The molecule has 0 aliphatic heterocycles. The van der Waals surface area contributed by atoms with Gasteiger partial charge in [-0.3, -0.25) is 0 Å². The van der Waals surface area contributed by atoms with Crippen LogP contribution in [0.5, 0.6) is 0 Å². The number of halogens is 1. The third-order valence-corrected chi connectivity index (χ3v) is 3.49. The average molecular weight is 237 g/mol. The summed E-state index contributed by atoms with van der Waals surface area (Å²) in [6, 6.07) is 6.39. The fourth-order valence-electron chi connectivity index (χ4n) is 2.13. The van der Waals surface area contributed by atoms with Crippen molar-refractivity contribution in [3.8, 4) is 0 Å². The average Bonchev–Trinajstić information content (AvgIpc) is 3.13. The van der Waals surface area contributed by atoms with Crippen LogP contribution >= 0.6 is 0 Å². The van der Waals surface area contributed by atoms with Gasteiger partial charge in [0.05, 0.1) is 6.10 Å². The van der Waals surface area contributed by atoms with Crippen LogP contribution in [0.15, 0.2) is 24.3 Å². The van der Waals surface area contributed by atoms with Crippen LogP contribution < -0.4 is 5.32 Å². The summed E-state index contributed by atoms with van der Waals surface area (Å²) < 4.78 is 13.4. The van der Waals surface area contributed by atoms with Gasteiger partial charge in [-0.25, -0.2) is 4.39 Å². The lowest BCUT2D eigenvalue weighted by atomic mass is 10.1.